The summed E-state index contributed by atoms with van der Waals surface area (Å²) in [6, 6.07) is 3.83. The van der Waals surface area contributed by atoms with Gasteiger partial charge in [-0.3, -0.25) is 4.79 Å². The Bertz CT molecular complexity index is 542. The summed E-state index contributed by atoms with van der Waals surface area (Å²) in [4.78, 5) is 12.1. The predicted octanol–water partition coefficient (Wildman–Crippen LogP) is 4.11. The standard InChI is InChI=1S/C18H26O4/c1-12(2)13-10-15(21-3)16(22-4)11-14(13)18(17(19)20)8-6-5-7-9-18/h10-12H,5-9H2,1-4H3,(H,19,20). The number of aliphatic carboxylic acids is 1. The Kier molecular flexibility index (Phi) is 4.99. The molecule has 122 valence electrons. The molecule has 1 saturated carbocycles. The summed E-state index contributed by atoms with van der Waals surface area (Å²) in [6.07, 6.45) is 4.41. The highest BCUT2D eigenvalue weighted by atomic mass is 16.5. The van der Waals surface area contributed by atoms with Crippen LogP contribution >= 0.6 is 0 Å². The van der Waals surface area contributed by atoms with Crippen molar-refractivity contribution >= 4 is 5.97 Å². The molecule has 0 amide bonds. The summed E-state index contributed by atoms with van der Waals surface area (Å²) in [5.41, 5.74) is 1.14. The number of hydrogen-bond acceptors (Lipinski definition) is 3. The van der Waals surface area contributed by atoms with Crippen LogP contribution in [-0.4, -0.2) is 25.3 Å². The molecule has 4 heteroatoms. The van der Waals surface area contributed by atoms with Crippen molar-refractivity contribution in [1.29, 1.82) is 0 Å². The van der Waals surface area contributed by atoms with Crippen LogP contribution in [0, 0.1) is 0 Å². The second kappa shape index (κ2) is 6.59. The van der Waals surface area contributed by atoms with E-state index in [9.17, 15) is 9.90 Å². The zero-order valence-corrected chi connectivity index (χ0v) is 13.9. The lowest BCUT2D eigenvalue weighted by molar-refractivity contribution is -0.145. The zero-order valence-electron chi connectivity index (χ0n) is 13.9. The molecule has 0 aromatic heterocycles. The second-order valence-electron chi connectivity index (χ2n) is 6.40. The Morgan fingerprint density at radius 1 is 1.09 bits per heavy atom. The minimum atomic E-state index is -0.794. The monoisotopic (exact) mass is 306 g/mol. The van der Waals surface area contributed by atoms with E-state index < -0.39 is 11.4 Å². The number of carboxylic acids is 1. The van der Waals surface area contributed by atoms with E-state index in [2.05, 4.69) is 13.8 Å². The minimum absolute atomic E-state index is 0.230. The number of carbonyl (C=O) groups is 1. The summed E-state index contributed by atoms with van der Waals surface area (Å²) >= 11 is 0. The third-order valence-electron chi connectivity index (χ3n) is 4.81. The van der Waals surface area contributed by atoms with E-state index in [1.54, 1.807) is 14.2 Å². The van der Waals surface area contributed by atoms with Crippen LogP contribution in [0.2, 0.25) is 0 Å². The topological polar surface area (TPSA) is 55.8 Å². The first-order valence-electron chi connectivity index (χ1n) is 7.96. The van der Waals surface area contributed by atoms with Crippen molar-refractivity contribution in [3.8, 4) is 11.5 Å². The Balaban J connectivity index is 2.67. The molecule has 0 bridgehead atoms. The van der Waals surface area contributed by atoms with Crippen molar-refractivity contribution in [2.45, 2.75) is 57.3 Å². The maximum absolute atomic E-state index is 12.1. The predicted molar refractivity (Wildman–Crippen MR) is 86.0 cm³/mol. The van der Waals surface area contributed by atoms with Gasteiger partial charge in [0, 0.05) is 0 Å². The van der Waals surface area contributed by atoms with E-state index in [1.165, 1.54) is 0 Å². The van der Waals surface area contributed by atoms with Gasteiger partial charge in [-0.1, -0.05) is 33.1 Å². The first-order valence-corrected chi connectivity index (χ1v) is 7.96. The molecule has 22 heavy (non-hydrogen) atoms. The van der Waals surface area contributed by atoms with Crippen molar-refractivity contribution in [3.63, 3.8) is 0 Å². The Morgan fingerprint density at radius 2 is 1.64 bits per heavy atom. The van der Waals surface area contributed by atoms with Gasteiger partial charge in [-0.15, -0.1) is 0 Å². The van der Waals surface area contributed by atoms with Crippen LogP contribution in [0.15, 0.2) is 12.1 Å². The van der Waals surface area contributed by atoms with Crippen LogP contribution in [0.25, 0.3) is 0 Å². The number of ether oxygens (including phenoxy) is 2. The molecular formula is C18H26O4. The summed E-state index contributed by atoms with van der Waals surface area (Å²) < 4.78 is 10.8. The molecule has 1 N–H and O–H groups in total. The van der Waals surface area contributed by atoms with Crippen molar-refractivity contribution in [1.82, 2.24) is 0 Å². The molecule has 1 fully saturated rings. The summed E-state index contributed by atoms with van der Waals surface area (Å²) in [5, 5.41) is 9.97. The third kappa shape index (κ3) is 2.79. The highest BCUT2D eigenvalue weighted by Gasteiger charge is 2.43. The van der Waals surface area contributed by atoms with Crippen molar-refractivity contribution in [2.24, 2.45) is 0 Å². The number of hydrogen-bond donors (Lipinski definition) is 1. The van der Waals surface area contributed by atoms with Gasteiger partial charge in [0.05, 0.1) is 19.6 Å². The lowest BCUT2D eigenvalue weighted by Gasteiger charge is -2.36. The average molecular weight is 306 g/mol. The maximum atomic E-state index is 12.1. The zero-order chi connectivity index (χ0) is 16.3. The lowest BCUT2D eigenvalue weighted by Crippen LogP contribution is -2.39. The number of carboxylic acid groups (broad SMARTS) is 1. The van der Waals surface area contributed by atoms with E-state index in [4.69, 9.17) is 9.47 Å². The normalized spacial score (nSPS) is 17.3. The quantitative estimate of drug-likeness (QED) is 0.889. The molecule has 1 aliphatic carbocycles. The first-order chi connectivity index (χ1) is 10.5. The summed E-state index contributed by atoms with van der Waals surface area (Å²) in [6.45, 7) is 4.17. The van der Waals surface area contributed by atoms with Crippen molar-refractivity contribution in [3.05, 3.63) is 23.3 Å². The van der Waals surface area contributed by atoms with Crippen LogP contribution < -0.4 is 9.47 Å². The van der Waals surface area contributed by atoms with Gasteiger partial charge in [-0.05, 0) is 42.0 Å². The van der Waals surface area contributed by atoms with Crippen LogP contribution in [0.4, 0.5) is 0 Å². The summed E-state index contributed by atoms with van der Waals surface area (Å²) in [7, 11) is 3.19. The van der Waals surface area contributed by atoms with E-state index >= 15 is 0 Å². The highest BCUT2D eigenvalue weighted by molar-refractivity contribution is 5.82. The van der Waals surface area contributed by atoms with Gasteiger partial charge in [0.15, 0.2) is 11.5 Å². The first kappa shape index (κ1) is 16.7. The fourth-order valence-electron chi connectivity index (χ4n) is 3.54. The van der Waals surface area contributed by atoms with Gasteiger partial charge in [0.25, 0.3) is 0 Å². The van der Waals surface area contributed by atoms with Gasteiger partial charge in [-0.25, -0.2) is 0 Å². The molecule has 0 spiro atoms. The second-order valence-corrected chi connectivity index (χ2v) is 6.40. The van der Waals surface area contributed by atoms with Crippen molar-refractivity contribution < 1.29 is 19.4 Å². The molecule has 0 aliphatic heterocycles. The van der Waals surface area contributed by atoms with Crippen LogP contribution in [0.1, 0.15) is 63.0 Å². The molecule has 1 aromatic rings. The van der Waals surface area contributed by atoms with Gasteiger partial charge >= 0.3 is 5.97 Å². The van der Waals surface area contributed by atoms with Gasteiger partial charge < -0.3 is 14.6 Å². The summed E-state index contributed by atoms with van der Waals surface area (Å²) in [5.74, 6) is 0.772. The molecule has 0 heterocycles. The fraction of sp³-hybridized carbons (Fsp3) is 0.611. The lowest BCUT2D eigenvalue weighted by atomic mass is 9.67. The number of rotatable bonds is 5. The van der Waals surface area contributed by atoms with Gasteiger partial charge in [0.1, 0.15) is 0 Å². The van der Waals surface area contributed by atoms with E-state index in [0.717, 1.165) is 30.4 Å². The van der Waals surface area contributed by atoms with E-state index in [-0.39, 0.29) is 5.92 Å². The van der Waals surface area contributed by atoms with Crippen LogP contribution in [0.3, 0.4) is 0 Å². The fourth-order valence-corrected chi connectivity index (χ4v) is 3.54. The third-order valence-corrected chi connectivity index (χ3v) is 4.81. The molecule has 2 rings (SSSR count). The number of benzene rings is 1. The smallest absolute Gasteiger partial charge is 0.314 e. The van der Waals surface area contributed by atoms with Gasteiger partial charge in [0.2, 0.25) is 0 Å². The average Bonchev–Trinajstić information content (AvgIpc) is 2.53. The SMILES string of the molecule is COc1cc(C(C)C)c(C2(C(=O)O)CCCCC2)cc1OC. The molecule has 4 nitrogen and oxygen atoms in total. The number of methoxy groups -OCH3 is 2. The molecule has 0 saturated heterocycles. The van der Waals surface area contributed by atoms with E-state index in [0.29, 0.717) is 24.3 Å². The van der Waals surface area contributed by atoms with Crippen LogP contribution in [0.5, 0.6) is 11.5 Å². The molecule has 0 atom stereocenters. The largest absolute Gasteiger partial charge is 0.493 e. The van der Waals surface area contributed by atoms with Crippen LogP contribution in [-0.2, 0) is 10.2 Å². The molecule has 0 radical (unpaired) electrons. The molecule has 0 unspecified atom stereocenters. The Hall–Kier alpha value is -1.71. The highest BCUT2D eigenvalue weighted by Crippen LogP contribution is 2.46. The van der Waals surface area contributed by atoms with Gasteiger partial charge in [-0.2, -0.15) is 0 Å². The minimum Gasteiger partial charge on any atom is -0.493 e. The van der Waals surface area contributed by atoms with Crippen molar-refractivity contribution in [2.75, 3.05) is 14.2 Å². The Morgan fingerprint density at radius 3 is 2.09 bits per heavy atom. The maximum Gasteiger partial charge on any atom is 0.314 e. The Labute approximate surface area is 132 Å². The molecular weight excluding hydrogens is 280 g/mol. The van der Waals surface area contributed by atoms with E-state index in [1.807, 2.05) is 12.1 Å². The molecule has 1 aromatic carbocycles. The molecule has 1 aliphatic rings.